The van der Waals surface area contributed by atoms with E-state index in [1.807, 2.05) is 0 Å². The lowest BCUT2D eigenvalue weighted by Crippen LogP contribution is -1.99. The van der Waals surface area contributed by atoms with Gasteiger partial charge in [0.2, 0.25) is 0 Å². The Bertz CT molecular complexity index is 207. The van der Waals surface area contributed by atoms with E-state index in [1.165, 1.54) is 77.7 Å². The fraction of sp³-hybridized carbons (Fsp3) is 0.938. The largest absolute Gasteiger partial charge is 0.469 e. The molecule has 0 spiro atoms. The van der Waals surface area contributed by atoms with Crippen LogP contribution in [-0.4, -0.2) is 13.1 Å². The Labute approximate surface area is 112 Å². The molecule has 0 aliphatic heterocycles. The van der Waals surface area contributed by atoms with Crippen LogP contribution in [0, 0.1) is 5.92 Å². The number of carbonyl (C=O) groups is 1. The number of ether oxygens (including phenoxy) is 1. The molecular formula is C16H30O2. The van der Waals surface area contributed by atoms with E-state index in [9.17, 15) is 4.79 Å². The van der Waals surface area contributed by atoms with Crippen LogP contribution in [0.5, 0.6) is 0 Å². The summed E-state index contributed by atoms with van der Waals surface area (Å²) in [4.78, 5) is 10.9. The van der Waals surface area contributed by atoms with Gasteiger partial charge in [-0.25, -0.2) is 0 Å². The van der Waals surface area contributed by atoms with Gasteiger partial charge in [-0.1, -0.05) is 70.6 Å². The molecule has 0 aromatic carbocycles. The summed E-state index contributed by atoms with van der Waals surface area (Å²) in [7, 11) is 1.46. The second kappa shape index (κ2) is 10.4. The van der Waals surface area contributed by atoms with Crippen LogP contribution in [0.2, 0.25) is 0 Å². The lowest BCUT2D eigenvalue weighted by atomic mass is 9.99. The molecule has 1 fully saturated rings. The van der Waals surface area contributed by atoms with E-state index < -0.39 is 0 Å². The van der Waals surface area contributed by atoms with Gasteiger partial charge in [-0.3, -0.25) is 4.79 Å². The molecule has 1 aliphatic rings. The van der Waals surface area contributed by atoms with Crippen molar-refractivity contribution in [2.45, 2.75) is 83.5 Å². The van der Waals surface area contributed by atoms with Gasteiger partial charge in [0.25, 0.3) is 0 Å². The van der Waals surface area contributed by atoms with Crippen LogP contribution < -0.4 is 0 Å². The van der Waals surface area contributed by atoms with Gasteiger partial charge < -0.3 is 4.74 Å². The van der Waals surface area contributed by atoms with E-state index in [-0.39, 0.29) is 5.97 Å². The van der Waals surface area contributed by atoms with Crippen LogP contribution in [-0.2, 0) is 9.53 Å². The Morgan fingerprint density at radius 2 is 1.50 bits per heavy atom. The summed E-state index contributed by atoms with van der Waals surface area (Å²) in [5.74, 6) is 0.997. The molecule has 0 saturated heterocycles. The van der Waals surface area contributed by atoms with E-state index >= 15 is 0 Å². The minimum Gasteiger partial charge on any atom is -0.469 e. The summed E-state index contributed by atoms with van der Waals surface area (Å²) in [5.41, 5.74) is 0. The second-order valence-corrected chi connectivity index (χ2v) is 5.74. The number of unbranched alkanes of at least 4 members (excludes halogenated alkanes) is 6. The zero-order valence-corrected chi connectivity index (χ0v) is 12.1. The Morgan fingerprint density at radius 3 is 2.11 bits per heavy atom. The molecule has 0 atom stereocenters. The topological polar surface area (TPSA) is 26.3 Å². The predicted molar refractivity (Wildman–Crippen MR) is 75.5 cm³/mol. The maximum Gasteiger partial charge on any atom is 0.305 e. The number of hydrogen-bond acceptors (Lipinski definition) is 2. The number of hydrogen-bond donors (Lipinski definition) is 0. The van der Waals surface area contributed by atoms with Gasteiger partial charge in [-0.2, -0.15) is 0 Å². The Balaban J connectivity index is 1.74. The van der Waals surface area contributed by atoms with Gasteiger partial charge in [0.05, 0.1) is 7.11 Å². The molecule has 0 bridgehead atoms. The predicted octanol–water partition coefficient (Wildman–Crippen LogP) is 4.86. The van der Waals surface area contributed by atoms with Crippen molar-refractivity contribution in [3.05, 3.63) is 0 Å². The van der Waals surface area contributed by atoms with Gasteiger partial charge in [0, 0.05) is 6.42 Å². The number of carbonyl (C=O) groups excluding carboxylic acids is 1. The first kappa shape index (κ1) is 15.5. The first-order valence-corrected chi connectivity index (χ1v) is 7.89. The molecule has 1 saturated carbocycles. The van der Waals surface area contributed by atoms with Crippen LogP contribution in [0.1, 0.15) is 83.5 Å². The van der Waals surface area contributed by atoms with Crippen molar-refractivity contribution in [3.8, 4) is 0 Å². The quantitative estimate of drug-likeness (QED) is 0.411. The molecule has 0 amide bonds. The van der Waals surface area contributed by atoms with Crippen molar-refractivity contribution in [2.75, 3.05) is 7.11 Å². The SMILES string of the molecule is COC(=O)CCCCCCCCCC1CCCC1. The number of esters is 1. The zero-order chi connectivity index (χ0) is 13.1. The smallest absolute Gasteiger partial charge is 0.305 e. The number of methoxy groups -OCH3 is 1. The zero-order valence-electron chi connectivity index (χ0n) is 12.1. The van der Waals surface area contributed by atoms with Crippen LogP contribution in [0.25, 0.3) is 0 Å². The second-order valence-electron chi connectivity index (χ2n) is 5.74. The third kappa shape index (κ3) is 7.73. The maximum atomic E-state index is 10.9. The molecule has 2 nitrogen and oxygen atoms in total. The summed E-state index contributed by atoms with van der Waals surface area (Å²) >= 11 is 0. The highest BCUT2D eigenvalue weighted by Crippen LogP contribution is 2.29. The highest BCUT2D eigenvalue weighted by Gasteiger charge is 2.13. The van der Waals surface area contributed by atoms with Crippen molar-refractivity contribution in [1.82, 2.24) is 0 Å². The molecule has 1 rings (SSSR count). The van der Waals surface area contributed by atoms with Crippen molar-refractivity contribution in [1.29, 1.82) is 0 Å². The molecule has 1 aliphatic carbocycles. The Kier molecular flexibility index (Phi) is 8.97. The van der Waals surface area contributed by atoms with Crippen molar-refractivity contribution in [3.63, 3.8) is 0 Å². The normalized spacial score (nSPS) is 16.1. The van der Waals surface area contributed by atoms with Gasteiger partial charge in [-0.15, -0.1) is 0 Å². The third-order valence-corrected chi connectivity index (χ3v) is 4.20. The van der Waals surface area contributed by atoms with Crippen LogP contribution in [0.4, 0.5) is 0 Å². The lowest BCUT2D eigenvalue weighted by Gasteiger charge is -2.07. The molecule has 0 radical (unpaired) electrons. The van der Waals surface area contributed by atoms with E-state index in [0.717, 1.165) is 12.3 Å². The molecule has 18 heavy (non-hydrogen) atoms. The molecule has 0 unspecified atom stereocenters. The summed E-state index contributed by atoms with van der Waals surface area (Å²) in [6, 6.07) is 0. The van der Waals surface area contributed by atoms with Gasteiger partial charge in [0.1, 0.15) is 0 Å². The van der Waals surface area contributed by atoms with E-state index in [4.69, 9.17) is 0 Å². The molecule has 2 heteroatoms. The Hall–Kier alpha value is -0.530. The van der Waals surface area contributed by atoms with Gasteiger partial charge in [-0.05, 0) is 12.3 Å². The molecule has 106 valence electrons. The first-order chi connectivity index (χ1) is 8.83. The summed E-state index contributed by atoms with van der Waals surface area (Å²) < 4.78 is 4.62. The van der Waals surface area contributed by atoms with Crippen LogP contribution >= 0.6 is 0 Å². The minimum atomic E-state index is -0.0634. The molecule has 0 aromatic rings. The summed E-state index contributed by atoms with van der Waals surface area (Å²) in [6.45, 7) is 0. The van der Waals surface area contributed by atoms with Gasteiger partial charge in [0.15, 0.2) is 0 Å². The summed E-state index contributed by atoms with van der Waals surface area (Å²) in [6.07, 6.45) is 17.0. The first-order valence-electron chi connectivity index (χ1n) is 7.89. The highest BCUT2D eigenvalue weighted by atomic mass is 16.5. The molecule has 0 heterocycles. The maximum absolute atomic E-state index is 10.9. The van der Waals surface area contributed by atoms with Gasteiger partial charge >= 0.3 is 5.97 Å². The molecule has 0 aromatic heterocycles. The lowest BCUT2D eigenvalue weighted by molar-refractivity contribution is -0.140. The summed E-state index contributed by atoms with van der Waals surface area (Å²) in [5, 5.41) is 0. The van der Waals surface area contributed by atoms with E-state index in [0.29, 0.717) is 6.42 Å². The average Bonchev–Trinajstić information content (AvgIpc) is 2.89. The average molecular weight is 254 g/mol. The Morgan fingerprint density at radius 1 is 0.944 bits per heavy atom. The fourth-order valence-electron chi connectivity index (χ4n) is 2.99. The standard InChI is InChI=1S/C16H30O2/c1-18-16(17)14-8-6-4-2-3-5-7-11-15-12-9-10-13-15/h15H,2-14H2,1H3. The van der Waals surface area contributed by atoms with Crippen molar-refractivity contribution >= 4 is 5.97 Å². The monoisotopic (exact) mass is 254 g/mol. The van der Waals surface area contributed by atoms with Crippen LogP contribution in [0.3, 0.4) is 0 Å². The fourth-order valence-corrected chi connectivity index (χ4v) is 2.99. The molecular weight excluding hydrogens is 224 g/mol. The van der Waals surface area contributed by atoms with E-state index in [2.05, 4.69) is 4.74 Å². The third-order valence-electron chi connectivity index (χ3n) is 4.20. The minimum absolute atomic E-state index is 0.0634. The van der Waals surface area contributed by atoms with Crippen molar-refractivity contribution in [2.24, 2.45) is 5.92 Å². The van der Waals surface area contributed by atoms with Crippen LogP contribution in [0.15, 0.2) is 0 Å². The number of rotatable bonds is 10. The molecule has 0 N–H and O–H groups in total. The van der Waals surface area contributed by atoms with Crippen molar-refractivity contribution < 1.29 is 9.53 Å². The van der Waals surface area contributed by atoms with E-state index in [1.54, 1.807) is 0 Å². The highest BCUT2D eigenvalue weighted by molar-refractivity contribution is 5.68.